The molecule has 112 valence electrons. The molecule has 19 heavy (non-hydrogen) atoms. The van der Waals surface area contributed by atoms with E-state index in [1.807, 2.05) is 0 Å². The lowest BCUT2D eigenvalue weighted by molar-refractivity contribution is -0.122. The van der Waals surface area contributed by atoms with Gasteiger partial charge < -0.3 is 11.1 Å². The molecule has 0 spiro atoms. The highest BCUT2D eigenvalue weighted by Crippen LogP contribution is 2.45. The van der Waals surface area contributed by atoms with Crippen molar-refractivity contribution in [3.05, 3.63) is 0 Å². The molecule has 0 aliphatic heterocycles. The summed E-state index contributed by atoms with van der Waals surface area (Å²) in [5.74, 6) is 0.629. The number of nitrogens with one attached hydrogen (secondary N) is 1. The second-order valence-corrected chi connectivity index (χ2v) is 8.06. The van der Waals surface area contributed by atoms with Crippen molar-refractivity contribution in [2.24, 2.45) is 22.5 Å². The molecule has 0 heterocycles. The highest BCUT2D eigenvalue weighted by Gasteiger charge is 2.38. The van der Waals surface area contributed by atoms with Crippen molar-refractivity contribution in [3.8, 4) is 0 Å². The van der Waals surface area contributed by atoms with Gasteiger partial charge >= 0.3 is 0 Å². The summed E-state index contributed by atoms with van der Waals surface area (Å²) in [6.45, 7) is 12.0. The van der Waals surface area contributed by atoms with Crippen LogP contribution < -0.4 is 11.1 Å². The second-order valence-electron chi connectivity index (χ2n) is 8.06. The molecule has 1 unspecified atom stereocenters. The minimum absolute atomic E-state index is 0.193. The number of hydrogen-bond acceptors (Lipinski definition) is 2. The molecule has 1 amide bonds. The number of hydrogen-bond donors (Lipinski definition) is 2. The minimum atomic E-state index is 0.193. The Morgan fingerprint density at radius 1 is 1.26 bits per heavy atom. The van der Waals surface area contributed by atoms with Gasteiger partial charge in [0.1, 0.15) is 0 Å². The summed E-state index contributed by atoms with van der Waals surface area (Å²) in [6.07, 6.45) is 4.91. The van der Waals surface area contributed by atoms with Gasteiger partial charge in [-0.2, -0.15) is 0 Å². The van der Waals surface area contributed by atoms with Gasteiger partial charge in [0, 0.05) is 12.5 Å². The number of carbonyl (C=O) groups excluding carboxylic acids is 1. The molecule has 1 atom stereocenters. The molecule has 1 aliphatic rings. The maximum absolute atomic E-state index is 12.0. The van der Waals surface area contributed by atoms with Gasteiger partial charge in [-0.15, -0.1) is 0 Å². The largest absolute Gasteiger partial charge is 0.353 e. The van der Waals surface area contributed by atoms with E-state index in [0.29, 0.717) is 35.8 Å². The van der Waals surface area contributed by atoms with Gasteiger partial charge in [0.05, 0.1) is 0 Å². The van der Waals surface area contributed by atoms with Crippen LogP contribution in [0.15, 0.2) is 0 Å². The van der Waals surface area contributed by atoms with Gasteiger partial charge in [-0.05, 0) is 49.0 Å². The minimum Gasteiger partial charge on any atom is -0.353 e. The van der Waals surface area contributed by atoms with Crippen molar-refractivity contribution in [2.45, 2.75) is 72.8 Å². The molecule has 0 radical (unpaired) electrons. The van der Waals surface area contributed by atoms with Gasteiger partial charge in [-0.3, -0.25) is 4.79 Å². The summed E-state index contributed by atoms with van der Waals surface area (Å²) in [7, 11) is 0. The lowest BCUT2D eigenvalue weighted by Crippen LogP contribution is -2.46. The fourth-order valence-corrected chi connectivity index (χ4v) is 3.74. The van der Waals surface area contributed by atoms with Crippen LogP contribution in [0.25, 0.3) is 0 Å². The van der Waals surface area contributed by atoms with Gasteiger partial charge in [-0.1, -0.05) is 34.6 Å². The summed E-state index contributed by atoms with van der Waals surface area (Å²) in [4.78, 5) is 12.0. The zero-order chi connectivity index (χ0) is 14.7. The summed E-state index contributed by atoms with van der Waals surface area (Å²) in [5.41, 5.74) is 6.23. The van der Waals surface area contributed by atoms with E-state index in [1.54, 1.807) is 0 Å². The molecule has 0 aromatic carbocycles. The van der Waals surface area contributed by atoms with Gasteiger partial charge in [0.2, 0.25) is 5.91 Å². The highest BCUT2D eigenvalue weighted by atomic mass is 16.1. The molecule has 0 aromatic heterocycles. The third kappa shape index (κ3) is 5.94. The summed E-state index contributed by atoms with van der Waals surface area (Å²) >= 11 is 0. The van der Waals surface area contributed by atoms with Gasteiger partial charge in [-0.25, -0.2) is 0 Å². The maximum Gasteiger partial charge on any atom is 0.220 e. The molecule has 1 aliphatic carbocycles. The SMILES string of the molecule is CC(CN)CCC(=O)NC1CC(C)(C)CC(C)(C)C1. The van der Waals surface area contributed by atoms with Crippen LogP contribution in [0.4, 0.5) is 0 Å². The number of rotatable bonds is 5. The first-order valence-corrected chi connectivity index (χ1v) is 7.63. The molecule has 1 fully saturated rings. The van der Waals surface area contributed by atoms with Crippen LogP contribution in [0, 0.1) is 16.7 Å². The third-order valence-corrected chi connectivity index (χ3v) is 4.19. The predicted molar refractivity (Wildman–Crippen MR) is 80.8 cm³/mol. The van der Waals surface area contributed by atoms with Crippen LogP contribution in [-0.2, 0) is 4.79 Å². The monoisotopic (exact) mass is 268 g/mol. The average Bonchev–Trinajstić information content (AvgIpc) is 2.21. The Balaban J connectivity index is 2.45. The first-order valence-electron chi connectivity index (χ1n) is 7.63. The molecule has 3 heteroatoms. The van der Waals surface area contributed by atoms with E-state index in [-0.39, 0.29) is 5.91 Å². The van der Waals surface area contributed by atoms with E-state index < -0.39 is 0 Å². The molecular formula is C16H32N2O. The topological polar surface area (TPSA) is 55.1 Å². The standard InChI is InChI=1S/C16H32N2O/c1-12(10-17)6-7-14(19)18-13-8-15(2,3)11-16(4,5)9-13/h12-13H,6-11,17H2,1-5H3,(H,18,19). The maximum atomic E-state index is 12.0. The predicted octanol–water partition coefficient (Wildman–Crippen LogP) is 3.08. The fraction of sp³-hybridized carbons (Fsp3) is 0.938. The van der Waals surface area contributed by atoms with Crippen molar-refractivity contribution in [3.63, 3.8) is 0 Å². The Morgan fingerprint density at radius 2 is 1.79 bits per heavy atom. The first-order chi connectivity index (χ1) is 8.63. The van der Waals surface area contributed by atoms with Crippen LogP contribution in [0.2, 0.25) is 0 Å². The van der Waals surface area contributed by atoms with Crippen molar-refractivity contribution in [2.75, 3.05) is 6.54 Å². The van der Waals surface area contributed by atoms with Crippen molar-refractivity contribution < 1.29 is 4.79 Å². The zero-order valence-electron chi connectivity index (χ0n) is 13.4. The molecular weight excluding hydrogens is 236 g/mol. The van der Waals surface area contributed by atoms with Crippen LogP contribution in [-0.4, -0.2) is 18.5 Å². The van der Waals surface area contributed by atoms with Crippen LogP contribution in [0.1, 0.15) is 66.7 Å². The summed E-state index contributed by atoms with van der Waals surface area (Å²) < 4.78 is 0. The van der Waals surface area contributed by atoms with Gasteiger partial charge in [0.25, 0.3) is 0 Å². The van der Waals surface area contributed by atoms with Crippen molar-refractivity contribution in [1.29, 1.82) is 0 Å². The fourth-order valence-electron chi connectivity index (χ4n) is 3.74. The molecule has 3 nitrogen and oxygen atoms in total. The van der Waals surface area contributed by atoms with E-state index in [1.165, 1.54) is 6.42 Å². The average molecular weight is 268 g/mol. The molecule has 1 rings (SSSR count). The van der Waals surface area contributed by atoms with E-state index in [9.17, 15) is 4.79 Å². The molecule has 3 N–H and O–H groups in total. The summed E-state index contributed by atoms with van der Waals surface area (Å²) in [6, 6.07) is 0.333. The number of nitrogens with two attached hydrogens (primary N) is 1. The number of amides is 1. The third-order valence-electron chi connectivity index (χ3n) is 4.19. The van der Waals surface area contributed by atoms with E-state index in [4.69, 9.17) is 5.73 Å². The van der Waals surface area contributed by atoms with Crippen LogP contribution in [0.5, 0.6) is 0 Å². The normalized spacial score (nSPS) is 23.9. The Labute approximate surface area is 118 Å². The van der Waals surface area contributed by atoms with E-state index in [2.05, 4.69) is 39.9 Å². The highest BCUT2D eigenvalue weighted by molar-refractivity contribution is 5.76. The van der Waals surface area contributed by atoms with E-state index in [0.717, 1.165) is 19.3 Å². The van der Waals surface area contributed by atoms with Gasteiger partial charge in [0.15, 0.2) is 0 Å². The molecule has 1 saturated carbocycles. The smallest absolute Gasteiger partial charge is 0.220 e. The second kappa shape index (κ2) is 6.25. The van der Waals surface area contributed by atoms with Crippen molar-refractivity contribution >= 4 is 5.91 Å². The Hall–Kier alpha value is -0.570. The Morgan fingerprint density at radius 3 is 2.26 bits per heavy atom. The lowest BCUT2D eigenvalue weighted by atomic mass is 9.63. The van der Waals surface area contributed by atoms with Crippen molar-refractivity contribution in [1.82, 2.24) is 5.32 Å². The molecule has 0 saturated heterocycles. The first kappa shape index (κ1) is 16.5. The summed E-state index contributed by atoms with van der Waals surface area (Å²) in [5, 5.41) is 3.23. The quantitative estimate of drug-likeness (QED) is 0.805. The number of carbonyl (C=O) groups is 1. The molecule has 0 aromatic rings. The Kier molecular flexibility index (Phi) is 5.43. The molecule has 0 bridgehead atoms. The lowest BCUT2D eigenvalue weighted by Gasteiger charge is -2.45. The van der Waals surface area contributed by atoms with Crippen LogP contribution >= 0.6 is 0 Å². The Bertz CT molecular complexity index is 294. The van der Waals surface area contributed by atoms with E-state index >= 15 is 0 Å². The van der Waals surface area contributed by atoms with Crippen LogP contribution in [0.3, 0.4) is 0 Å². The zero-order valence-corrected chi connectivity index (χ0v) is 13.4.